The van der Waals surface area contributed by atoms with Crippen molar-refractivity contribution in [3.8, 4) is 28.5 Å². The highest BCUT2D eigenvalue weighted by Crippen LogP contribution is 2.46. The van der Waals surface area contributed by atoms with Crippen LogP contribution in [0, 0.1) is 13.8 Å². The molecule has 1 unspecified atom stereocenters. The summed E-state index contributed by atoms with van der Waals surface area (Å²) in [6.07, 6.45) is 1.66. The molecule has 3 N–H and O–H groups in total. The van der Waals surface area contributed by atoms with Gasteiger partial charge in [0, 0.05) is 17.7 Å². The number of aromatic amines is 1. The number of rotatable bonds is 9. The molecule has 1 amide bonds. The number of aryl methyl sites for hydroxylation is 2. The fraction of sp³-hybridized carbons (Fsp3) is 0.308. The molecule has 34 heavy (non-hydrogen) atoms. The zero-order chi connectivity index (χ0) is 24.4. The predicted octanol–water partition coefficient (Wildman–Crippen LogP) is 3.90. The van der Waals surface area contributed by atoms with Gasteiger partial charge in [-0.25, -0.2) is 0 Å². The number of fused-ring (bicyclic) bond motifs is 1. The Bertz CT molecular complexity index is 1210. The van der Waals surface area contributed by atoms with Crippen molar-refractivity contribution >= 4 is 5.91 Å². The van der Waals surface area contributed by atoms with E-state index in [0.717, 1.165) is 16.7 Å². The van der Waals surface area contributed by atoms with Gasteiger partial charge in [0.25, 0.3) is 5.91 Å². The quantitative estimate of drug-likeness (QED) is 0.416. The Morgan fingerprint density at radius 3 is 2.68 bits per heavy atom. The van der Waals surface area contributed by atoms with Crippen molar-refractivity contribution in [3.05, 3.63) is 70.9 Å². The zero-order valence-corrected chi connectivity index (χ0v) is 19.6. The maximum absolute atomic E-state index is 13.3. The second kappa shape index (κ2) is 9.61. The summed E-state index contributed by atoms with van der Waals surface area (Å²) in [5, 5.41) is 27.8. The van der Waals surface area contributed by atoms with E-state index in [1.165, 1.54) is 0 Å². The van der Waals surface area contributed by atoms with Gasteiger partial charge in [0.05, 0.1) is 19.3 Å². The average molecular weight is 464 g/mol. The number of carbonyl (C=O) groups is 1. The molecule has 1 atom stereocenters. The van der Waals surface area contributed by atoms with Crippen LogP contribution in [0.5, 0.6) is 17.2 Å². The molecule has 0 radical (unpaired) electrons. The van der Waals surface area contributed by atoms with E-state index in [1.807, 2.05) is 39.0 Å². The molecule has 8 nitrogen and oxygen atoms in total. The number of nitrogens with zero attached hydrogens (tertiary/aromatic N) is 2. The fourth-order valence-electron chi connectivity index (χ4n) is 4.56. The second-order valence-electron chi connectivity index (χ2n) is 8.20. The van der Waals surface area contributed by atoms with Gasteiger partial charge in [-0.15, -0.1) is 0 Å². The lowest BCUT2D eigenvalue weighted by atomic mass is 9.93. The molecule has 178 valence electrons. The lowest BCUT2D eigenvalue weighted by molar-refractivity contribution is 0.0706. The van der Waals surface area contributed by atoms with E-state index >= 15 is 0 Å². The normalized spacial score (nSPS) is 14.9. The molecule has 4 rings (SSSR count). The summed E-state index contributed by atoms with van der Waals surface area (Å²) in [6.45, 7) is 10.1. The lowest BCUT2D eigenvalue weighted by Gasteiger charge is -2.26. The molecular weight excluding hydrogens is 434 g/mol. The van der Waals surface area contributed by atoms with Gasteiger partial charge in [-0.1, -0.05) is 24.8 Å². The maximum atomic E-state index is 13.3. The van der Waals surface area contributed by atoms with E-state index < -0.39 is 6.04 Å². The average Bonchev–Trinajstić information content (AvgIpc) is 3.32. The first-order valence-corrected chi connectivity index (χ1v) is 11.2. The largest absolute Gasteiger partial charge is 0.507 e. The number of phenolic OH excluding ortho intramolecular Hbond substituents is 1. The van der Waals surface area contributed by atoms with Crippen LogP contribution in [0.4, 0.5) is 0 Å². The number of nitrogens with one attached hydrogen (secondary N) is 1. The zero-order valence-electron chi connectivity index (χ0n) is 19.6. The lowest BCUT2D eigenvalue weighted by Crippen LogP contribution is -2.32. The maximum Gasteiger partial charge on any atom is 0.273 e. The summed E-state index contributed by atoms with van der Waals surface area (Å²) in [7, 11) is 0. The van der Waals surface area contributed by atoms with Gasteiger partial charge in [0.15, 0.2) is 11.5 Å². The SMILES string of the molecule is C=CCOc1ccc(C2c3c(-c4c(C)cc(C)cc4O)n[nH]c3C(=O)N2CCO)cc1OCC. The van der Waals surface area contributed by atoms with Crippen molar-refractivity contribution in [3.63, 3.8) is 0 Å². The first kappa shape index (κ1) is 23.4. The number of aliphatic hydroxyl groups excluding tert-OH is 1. The number of aromatic nitrogens is 2. The number of phenols is 1. The fourth-order valence-corrected chi connectivity index (χ4v) is 4.56. The number of β-amino-alcohol motifs (C(OH)–C–C–N with tert-alkyl or cyclic N) is 1. The van der Waals surface area contributed by atoms with Gasteiger partial charge in [-0.05, 0) is 55.7 Å². The number of hydrogen-bond acceptors (Lipinski definition) is 6. The van der Waals surface area contributed by atoms with Crippen LogP contribution in [-0.4, -0.2) is 57.6 Å². The van der Waals surface area contributed by atoms with Crippen molar-refractivity contribution in [2.24, 2.45) is 0 Å². The van der Waals surface area contributed by atoms with Gasteiger partial charge in [-0.2, -0.15) is 5.10 Å². The molecule has 3 aromatic rings. The van der Waals surface area contributed by atoms with Crippen molar-refractivity contribution in [2.45, 2.75) is 26.8 Å². The molecule has 2 aromatic carbocycles. The van der Waals surface area contributed by atoms with Gasteiger partial charge < -0.3 is 24.6 Å². The van der Waals surface area contributed by atoms with E-state index in [2.05, 4.69) is 16.8 Å². The molecule has 1 aliphatic heterocycles. The molecule has 8 heteroatoms. The molecule has 0 bridgehead atoms. The number of aromatic hydroxyl groups is 1. The van der Waals surface area contributed by atoms with Crippen LogP contribution in [0.1, 0.15) is 45.7 Å². The molecule has 0 saturated heterocycles. The van der Waals surface area contributed by atoms with Crippen LogP contribution >= 0.6 is 0 Å². The number of H-pyrrole nitrogens is 1. The Balaban J connectivity index is 1.89. The molecule has 1 aromatic heterocycles. The predicted molar refractivity (Wildman–Crippen MR) is 128 cm³/mol. The summed E-state index contributed by atoms with van der Waals surface area (Å²) in [5.41, 5.74) is 4.64. The smallest absolute Gasteiger partial charge is 0.273 e. The second-order valence-corrected chi connectivity index (χ2v) is 8.20. The standard InChI is InChI=1S/C26H29N3O5/c1-5-11-34-19-8-7-17(14-20(19)33-6-2)25-22-23(21-16(4)12-15(3)13-18(21)31)27-28-24(22)26(32)29(25)9-10-30/h5,7-8,12-14,25,30-31H,1,6,9-11H2,2-4H3,(H,27,28). The molecule has 0 aliphatic carbocycles. The van der Waals surface area contributed by atoms with Gasteiger partial charge in [-0.3, -0.25) is 9.89 Å². The van der Waals surface area contributed by atoms with Crippen molar-refractivity contribution in [1.29, 1.82) is 0 Å². The summed E-state index contributed by atoms with van der Waals surface area (Å²) >= 11 is 0. The third-order valence-corrected chi connectivity index (χ3v) is 5.84. The third-order valence-electron chi connectivity index (χ3n) is 5.84. The van der Waals surface area contributed by atoms with E-state index in [-0.39, 0.29) is 24.8 Å². The van der Waals surface area contributed by atoms with Gasteiger partial charge in [0.1, 0.15) is 23.7 Å². The minimum absolute atomic E-state index is 0.0989. The Labute approximate surface area is 198 Å². The molecule has 0 spiro atoms. The Kier molecular flexibility index (Phi) is 6.61. The highest BCUT2D eigenvalue weighted by molar-refractivity contribution is 6.00. The van der Waals surface area contributed by atoms with Crippen LogP contribution in [0.15, 0.2) is 43.0 Å². The van der Waals surface area contributed by atoms with Crippen molar-refractivity contribution in [2.75, 3.05) is 26.4 Å². The van der Waals surface area contributed by atoms with Gasteiger partial charge >= 0.3 is 0 Å². The molecular formula is C26H29N3O5. The summed E-state index contributed by atoms with van der Waals surface area (Å²) in [6, 6.07) is 8.63. The van der Waals surface area contributed by atoms with E-state index in [9.17, 15) is 15.0 Å². The number of aliphatic hydroxyl groups is 1. The summed E-state index contributed by atoms with van der Waals surface area (Å²) in [5.74, 6) is 0.957. The van der Waals surface area contributed by atoms with Crippen LogP contribution < -0.4 is 9.47 Å². The minimum Gasteiger partial charge on any atom is -0.507 e. The number of amides is 1. The van der Waals surface area contributed by atoms with Crippen LogP contribution in [-0.2, 0) is 0 Å². The summed E-state index contributed by atoms with van der Waals surface area (Å²) < 4.78 is 11.5. The molecule has 1 aliphatic rings. The Morgan fingerprint density at radius 1 is 1.21 bits per heavy atom. The number of ether oxygens (including phenoxy) is 2. The van der Waals surface area contributed by atoms with Gasteiger partial charge in [0.2, 0.25) is 0 Å². The topological polar surface area (TPSA) is 108 Å². The molecule has 2 heterocycles. The third kappa shape index (κ3) is 4.01. The molecule has 0 fully saturated rings. The Morgan fingerprint density at radius 2 is 2.00 bits per heavy atom. The number of hydrogen-bond donors (Lipinski definition) is 3. The van der Waals surface area contributed by atoms with Crippen LogP contribution in [0.3, 0.4) is 0 Å². The Hall–Kier alpha value is -3.78. The number of benzene rings is 2. The van der Waals surface area contributed by atoms with Crippen LogP contribution in [0.25, 0.3) is 11.3 Å². The first-order chi connectivity index (χ1) is 16.4. The van der Waals surface area contributed by atoms with Crippen LogP contribution in [0.2, 0.25) is 0 Å². The minimum atomic E-state index is -0.531. The van der Waals surface area contributed by atoms with E-state index in [0.29, 0.717) is 47.2 Å². The molecule has 0 saturated carbocycles. The first-order valence-electron chi connectivity index (χ1n) is 11.2. The number of carbonyl (C=O) groups excluding carboxylic acids is 1. The monoisotopic (exact) mass is 463 g/mol. The van der Waals surface area contributed by atoms with E-state index in [4.69, 9.17) is 9.47 Å². The van der Waals surface area contributed by atoms with E-state index in [1.54, 1.807) is 23.1 Å². The highest BCUT2D eigenvalue weighted by atomic mass is 16.5. The van der Waals surface area contributed by atoms with Crippen molar-refractivity contribution in [1.82, 2.24) is 15.1 Å². The van der Waals surface area contributed by atoms with Crippen molar-refractivity contribution < 1.29 is 24.5 Å². The highest BCUT2D eigenvalue weighted by Gasteiger charge is 2.42. The summed E-state index contributed by atoms with van der Waals surface area (Å²) in [4.78, 5) is 14.9.